The lowest BCUT2D eigenvalue weighted by atomic mass is 9.95. The summed E-state index contributed by atoms with van der Waals surface area (Å²) in [7, 11) is 0. The van der Waals surface area contributed by atoms with Crippen LogP contribution in [-0.4, -0.2) is 34.1 Å². The van der Waals surface area contributed by atoms with Gasteiger partial charge in [0.25, 0.3) is 11.6 Å². The summed E-state index contributed by atoms with van der Waals surface area (Å²) in [6.07, 6.45) is 4.02. The standard InChI is InChI=1S/C12H14N4O4/c13-11-8(3-6(5-14-11)16(18)19)12(17)15-9-4-7-1-2-10(9)20-7/h3,5,7,9-10H,1-2,4H2,(H2,13,14)(H,15,17). The highest BCUT2D eigenvalue weighted by atomic mass is 16.6. The maximum absolute atomic E-state index is 12.2. The van der Waals surface area contributed by atoms with Gasteiger partial charge in [-0.05, 0) is 19.3 Å². The minimum atomic E-state index is -0.607. The van der Waals surface area contributed by atoms with E-state index in [0.717, 1.165) is 31.5 Å². The zero-order chi connectivity index (χ0) is 14.3. The van der Waals surface area contributed by atoms with Crippen LogP contribution in [0.4, 0.5) is 11.5 Å². The van der Waals surface area contributed by atoms with Crippen LogP contribution in [0.15, 0.2) is 12.3 Å². The lowest BCUT2D eigenvalue weighted by Crippen LogP contribution is -2.41. The molecule has 3 heterocycles. The molecule has 2 fully saturated rings. The van der Waals surface area contributed by atoms with E-state index in [1.54, 1.807) is 0 Å². The van der Waals surface area contributed by atoms with E-state index in [1.165, 1.54) is 0 Å². The van der Waals surface area contributed by atoms with Crippen molar-refractivity contribution in [2.45, 2.75) is 37.5 Å². The molecule has 1 aromatic rings. The SMILES string of the molecule is Nc1ncc([N+](=O)[O-])cc1C(=O)NC1CC2CCC1O2. The van der Waals surface area contributed by atoms with Gasteiger partial charge in [0.2, 0.25) is 0 Å². The molecule has 8 nitrogen and oxygen atoms in total. The quantitative estimate of drug-likeness (QED) is 0.617. The number of fused-ring (bicyclic) bond motifs is 2. The summed E-state index contributed by atoms with van der Waals surface area (Å²) in [5.74, 6) is -0.461. The van der Waals surface area contributed by atoms with Crippen LogP contribution in [0.25, 0.3) is 0 Å². The van der Waals surface area contributed by atoms with Gasteiger partial charge >= 0.3 is 0 Å². The average molecular weight is 278 g/mol. The fourth-order valence-corrected chi connectivity index (χ4v) is 2.78. The van der Waals surface area contributed by atoms with E-state index < -0.39 is 10.8 Å². The zero-order valence-corrected chi connectivity index (χ0v) is 10.6. The minimum absolute atomic E-state index is 0.0165. The first-order chi connectivity index (χ1) is 9.54. The van der Waals surface area contributed by atoms with Crippen molar-refractivity contribution in [2.75, 3.05) is 5.73 Å². The third-order valence-electron chi connectivity index (χ3n) is 3.78. The summed E-state index contributed by atoms with van der Waals surface area (Å²) in [4.78, 5) is 26.0. The van der Waals surface area contributed by atoms with Crippen LogP contribution in [0, 0.1) is 10.1 Å². The number of anilines is 1. The number of hydrogen-bond donors (Lipinski definition) is 2. The Labute approximate surface area is 114 Å². The smallest absolute Gasteiger partial charge is 0.288 e. The van der Waals surface area contributed by atoms with Crippen LogP contribution < -0.4 is 11.1 Å². The van der Waals surface area contributed by atoms with Crippen molar-refractivity contribution in [3.63, 3.8) is 0 Å². The molecule has 2 bridgehead atoms. The molecule has 1 aromatic heterocycles. The van der Waals surface area contributed by atoms with Crippen molar-refractivity contribution >= 4 is 17.4 Å². The molecule has 3 atom stereocenters. The van der Waals surface area contributed by atoms with Crippen LogP contribution in [0.2, 0.25) is 0 Å². The number of nitrogens with two attached hydrogens (primary N) is 1. The number of nitrogens with zero attached hydrogens (tertiary/aromatic N) is 2. The van der Waals surface area contributed by atoms with E-state index in [1.807, 2.05) is 0 Å². The first-order valence-electron chi connectivity index (χ1n) is 6.41. The van der Waals surface area contributed by atoms with Crippen LogP contribution in [-0.2, 0) is 4.74 Å². The Morgan fingerprint density at radius 3 is 2.95 bits per heavy atom. The van der Waals surface area contributed by atoms with Gasteiger partial charge in [-0.3, -0.25) is 14.9 Å². The normalized spacial score (nSPS) is 27.5. The monoisotopic (exact) mass is 278 g/mol. The second kappa shape index (κ2) is 4.71. The Morgan fingerprint density at radius 1 is 1.55 bits per heavy atom. The zero-order valence-electron chi connectivity index (χ0n) is 10.6. The fraction of sp³-hybridized carbons (Fsp3) is 0.500. The minimum Gasteiger partial charge on any atom is -0.383 e. The molecule has 1 amide bonds. The lowest BCUT2D eigenvalue weighted by Gasteiger charge is -2.20. The van der Waals surface area contributed by atoms with Gasteiger partial charge in [0.05, 0.1) is 28.7 Å². The lowest BCUT2D eigenvalue weighted by molar-refractivity contribution is -0.385. The molecule has 106 valence electrons. The van der Waals surface area contributed by atoms with Crippen molar-refractivity contribution in [1.82, 2.24) is 10.3 Å². The molecule has 20 heavy (non-hydrogen) atoms. The first-order valence-corrected chi connectivity index (χ1v) is 6.41. The summed E-state index contributed by atoms with van der Waals surface area (Å²) >= 11 is 0. The Hall–Kier alpha value is -2.22. The first kappa shape index (κ1) is 12.8. The number of nitrogen functional groups attached to an aromatic ring is 1. The second-order valence-electron chi connectivity index (χ2n) is 5.07. The number of pyridine rings is 1. The van der Waals surface area contributed by atoms with Crippen molar-refractivity contribution < 1.29 is 14.5 Å². The molecule has 0 aliphatic carbocycles. The number of amides is 1. The number of ether oxygens (including phenoxy) is 1. The van der Waals surface area contributed by atoms with Gasteiger partial charge in [-0.2, -0.15) is 0 Å². The van der Waals surface area contributed by atoms with Gasteiger partial charge in [0, 0.05) is 6.07 Å². The molecule has 8 heteroatoms. The number of carbonyl (C=O) groups is 1. The number of carbonyl (C=O) groups excluding carboxylic acids is 1. The molecule has 0 spiro atoms. The van der Waals surface area contributed by atoms with Gasteiger partial charge in [0.15, 0.2) is 0 Å². The molecule has 0 aromatic carbocycles. The summed E-state index contributed by atoms with van der Waals surface area (Å²) in [5, 5.41) is 13.5. The highest BCUT2D eigenvalue weighted by Crippen LogP contribution is 2.34. The Kier molecular flexibility index (Phi) is 3.01. The number of rotatable bonds is 3. The van der Waals surface area contributed by atoms with E-state index in [4.69, 9.17) is 10.5 Å². The fourth-order valence-electron chi connectivity index (χ4n) is 2.78. The van der Waals surface area contributed by atoms with Crippen LogP contribution in [0.5, 0.6) is 0 Å². The Balaban J connectivity index is 1.76. The van der Waals surface area contributed by atoms with E-state index in [9.17, 15) is 14.9 Å². The van der Waals surface area contributed by atoms with Crippen molar-refractivity contribution in [3.8, 4) is 0 Å². The maximum atomic E-state index is 12.2. The van der Waals surface area contributed by atoms with Crippen LogP contribution in [0.3, 0.4) is 0 Å². The van der Waals surface area contributed by atoms with Crippen molar-refractivity contribution in [3.05, 3.63) is 27.9 Å². The van der Waals surface area contributed by atoms with E-state index in [0.29, 0.717) is 0 Å². The van der Waals surface area contributed by atoms with Crippen molar-refractivity contribution in [1.29, 1.82) is 0 Å². The van der Waals surface area contributed by atoms with E-state index in [-0.39, 0.29) is 35.3 Å². The summed E-state index contributed by atoms with van der Waals surface area (Å²) < 4.78 is 5.64. The molecular formula is C12H14N4O4. The number of nitro groups is 1. The molecule has 2 aliphatic heterocycles. The van der Waals surface area contributed by atoms with Gasteiger partial charge in [-0.1, -0.05) is 0 Å². The largest absolute Gasteiger partial charge is 0.383 e. The van der Waals surface area contributed by atoms with Gasteiger partial charge in [-0.25, -0.2) is 4.98 Å². The van der Waals surface area contributed by atoms with Crippen molar-refractivity contribution in [2.24, 2.45) is 0 Å². The number of aromatic nitrogens is 1. The van der Waals surface area contributed by atoms with E-state index >= 15 is 0 Å². The third-order valence-corrected chi connectivity index (χ3v) is 3.78. The molecule has 3 rings (SSSR count). The molecule has 0 radical (unpaired) electrons. The topological polar surface area (TPSA) is 120 Å². The highest BCUT2D eigenvalue weighted by Gasteiger charge is 2.41. The summed E-state index contributed by atoms with van der Waals surface area (Å²) in [5.41, 5.74) is 5.39. The maximum Gasteiger partial charge on any atom is 0.288 e. The van der Waals surface area contributed by atoms with Crippen LogP contribution in [0.1, 0.15) is 29.6 Å². The third kappa shape index (κ3) is 2.18. The summed E-state index contributed by atoms with van der Waals surface area (Å²) in [6, 6.07) is 1.09. The number of hydrogen-bond acceptors (Lipinski definition) is 6. The van der Waals surface area contributed by atoms with E-state index in [2.05, 4.69) is 10.3 Å². The molecular weight excluding hydrogens is 264 g/mol. The highest BCUT2D eigenvalue weighted by molar-refractivity contribution is 5.99. The van der Waals surface area contributed by atoms with Gasteiger partial charge < -0.3 is 15.8 Å². The van der Waals surface area contributed by atoms with Gasteiger partial charge in [0.1, 0.15) is 12.0 Å². The predicted molar refractivity (Wildman–Crippen MR) is 69.1 cm³/mol. The Morgan fingerprint density at radius 2 is 2.35 bits per heavy atom. The molecule has 3 N–H and O–H groups in total. The predicted octanol–water partition coefficient (Wildman–Crippen LogP) is 0.622. The summed E-state index contributed by atoms with van der Waals surface area (Å²) in [6.45, 7) is 0. The molecule has 0 saturated carbocycles. The average Bonchev–Trinajstić information content (AvgIpc) is 3.01. The number of nitrogens with one attached hydrogen (secondary N) is 1. The Bertz CT molecular complexity index is 577. The molecule has 2 saturated heterocycles. The second-order valence-corrected chi connectivity index (χ2v) is 5.07. The van der Waals surface area contributed by atoms with Gasteiger partial charge in [-0.15, -0.1) is 0 Å². The molecule has 3 unspecified atom stereocenters. The van der Waals surface area contributed by atoms with Crippen LogP contribution >= 0.6 is 0 Å². The molecule has 2 aliphatic rings.